The molecule has 3 amide bonds. The zero-order valence-corrected chi connectivity index (χ0v) is 18.1. The Morgan fingerprint density at radius 3 is 2.72 bits per heavy atom. The van der Waals surface area contributed by atoms with Crippen LogP contribution in [0.3, 0.4) is 0 Å². The summed E-state index contributed by atoms with van der Waals surface area (Å²) in [5.74, 6) is 1.14. The summed E-state index contributed by atoms with van der Waals surface area (Å²) in [5.41, 5.74) is 0.752. The first-order chi connectivity index (χ1) is 13.9. The molecule has 0 saturated carbocycles. The molecule has 156 valence electrons. The Hall–Kier alpha value is -2.61. The van der Waals surface area contributed by atoms with E-state index in [4.69, 9.17) is 9.47 Å². The molecule has 2 aromatic rings. The number of hydrogen-bond donors (Lipinski definition) is 1. The van der Waals surface area contributed by atoms with Gasteiger partial charge in [-0.1, -0.05) is 19.8 Å². The van der Waals surface area contributed by atoms with Crippen molar-refractivity contribution in [3.8, 4) is 22.1 Å². The second-order valence-electron chi connectivity index (χ2n) is 7.20. The lowest BCUT2D eigenvalue weighted by Gasteiger charge is -2.21. The van der Waals surface area contributed by atoms with Crippen molar-refractivity contribution in [3.05, 3.63) is 29.3 Å². The molecule has 0 spiro atoms. The summed E-state index contributed by atoms with van der Waals surface area (Å²) in [6, 6.07) is 5.30. The summed E-state index contributed by atoms with van der Waals surface area (Å²) in [5, 5.41) is 5.51. The van der Waals surface area contributed by atoms with Gasteiger partial charge in [0.05, 0.1) is 26.0 Å². The Bertz CT molecular complexity index is 898. The SMILES string of the molecule is CCCC[C@@]1(C)NC(=O)N(Cc2csc(-c3ccc(OCC)c(OC)c3)n2)C1=O. The average molecular weight is 418 g/mol. The number of carbonyl (C=O) groups excluding carboxylic acids is 2. The molecule has 1 aromatic carbocycles. The summed E-state index contributed by atoms with van der Waals surface area (Å²) < 4.78 is 11.0. The zero-order chi connectivity index (χ0) is 21.0. The summed E-state index contributed by atoms with van der Waals surface area (Å²) in [4.78, 5) is 31.0. The number of benzene rings is 1. The number of aromatic nitrogens is 1. The van der Waals surface area contributed by atoms with E-state index in [-0.39, 0.29) is 18.5 Å². The molecule has 8 heteroatoms. The first-order valence-corrected chi connectivity index (χ1v) is 10.7. The minimum absolute atomic E-state index is 0.164. The van der Waals surface area contributed by atoms with Crippen molar-refractivity contribution in [1.82, 2.24) is 15.2 Å². The van der Waals surface area contributed by atoms with Gasteiger partial charge in [0.1, 0.15) is 10.5 Å². The van der Waals surface area contributed by atoms with Crippen molar-refractivity contribution < 1.29 is 19.1 Å². The van der Waals surface area contributed by atoms with Gasteiger partial charge in [-0.05, 0) is 38.5 Å². The lowest BCUT2D eigenvalue weighted by atomic mass is 9.95. The normalized spacial score (nSPS) is 18.8. The highest BCUT2D eigenvalue weighted by Gasteiger charge is 2.47. The molecule has 1 atom stereocenters. The van der Waals surface area contributed by atoms with Crippen LogP contribution in [0, 0.1) is 0 Å². The third-order valence-electron chi connectivity index (χ3n) is 4.96. The highest BCUT2D eigenvalue weighted by Crippen LogP contribution is 2.34. The number of urea groups is 1. The van der Waals surface area contributed by atoms with Gasteiger partial charge in [0, 0.05) is 10.9 Å². The molecule has 0 aliphatic carbocycles. The van der Waals surface area contributed by atoms with E-state index >= 15 is 0 Å². The zero-order valence-electron chi connectivity index (χ0n) is 17.3. The largest absolute Gasteiger partial charge is 0.493 e. The Balaban J connectivity index is 1.75. The standard InChI is InChI=1S/C21H27N3O4S/c1-5-7-10-21(3)19(25)24(20(26)23-21)12-15-13-29-18(22-15)14-8-9-16(28-6-2)17(11-14)27-4/h8-9,11,13H,5-7,10,12H2,1-4H3,(H,23,26)/t21-/m1/s1. The first-order valence-electron chi connectivity index (χ1n) is 9.81. The van der Waals surface area contributed by atoms with Gasteiger partial charge in [-0.3, -0.25) is 9.69 Å². The van der Waals surface area contributed by atoms with Crippen LogP contribution in [0.1, 0.15) is 45.7 Å². The fourth-order valence-electron chi connectivity index (χ4n) is 3.34. The molecular weight excluding hydrogens is 390 g/mol. The van der Waals surface area contributed by atoms with Crippen molar-refractivity contribution in [2.75, 3.05) is 13.7 Å². The van der Waals surface area contributed by atoms with E-state index in [0.29, 0.717) is 30.2 Å². The second-order valence-corrected chi connectivity index (χ2v) is 8.06. The maximum atomic E-state index is 12.8. The molecule has 2 heterocycles. The number of imide groups is 1. The van der Waals surface area contributed by atoms with Crippen molar-refractivity contribution in [1.29, 1.82) is 0 Å². The van der Waals surface area contributed by atoms with E-state index in [2.05, 4.69) is 17.2 Å². The van der Waals surface area contributed by atoms with Crippen molar-refractivity contribution in [3.63, 3.8) is 0 Å². The van der Waals surface area contributed by atoms with E-state index in [9.17, 15) is 9.59 Å². The lowest BCUT2D eigenvalue weighted by molar-refractivity contribution is -0.131. The number of nitrogens with one attached hydrogen (secondary N) is 1. The Labute approximate surface area is 175 Å². The molecule has 29 heavy (non-hydrogen) atoms. The van der Waals surface area contributed by atoms with Crippen LogP contribution in [-0.2, 0) is 11.3 Å². The van der Waals surface area contributed by atoms with Crippen LogP contribution in [-0.4, -0.2) is 41.1 Å². The first kappa shape index (κ1) is 21.1. The second kappa shape index (κ2) is 8.82. The predicted octanol–water partition coefficient (Wildman–Crippen LogP) is 4.22. The molecule has 3 rings (SSSR count). The van der Waals surface area contributed by atoms with Crippen molar-refractivity contribution >= 4 is 23.3 Å². The quantitative estimate of drug-likeness (QED) is 0.618. The van der Waals surface area contributed by atoms with Gasteiger partial charge in [0.15, 0.2) is 11.5 Å². The fourth-order valence-corrected chi connectivity index (χ4v) is 4.15. The number of hydrogen-bond acceptors (Lipinski definition) is 6. The topological polar surface area (TPSA) is 80.8 Å². The molecule has 0 unspecified atom stereocenters. The van der Waals surface area contributed by atoms with E-state index in [1.165, 1.54) is 16.2 Å². The number of nitrogens with zero attached hydrogens (tertiary/aromatic N) is 2. The third-order valence-corrected chi connectivity index (χ3v) is 5.90. The van der Waals surface area contributed by atoms with Gasteiger partial charge in [-0.2, -0.15) is 0 Å². The average Bonchev–Trinajstić information content (AvgIpc) is 3.26. The van der Waals surface area contributed by atoms with Gasteiger partial charge in [0.25, 0.3) is 5.91 Å². The van der Waals surface area contributed by atoms with Crippen LogP contribution in [0.5, 0.6) is 11.5 Å². The van der Waals surface area contributed by atoms with Gasteiger partial charge in [-0.25, -0.2) is 9.78 Å². The highest BCUT2D eigenvalue weighted by atomic mass is 32.1. The number of unbranched alkanes of at least 4 members (excludes halogenated alkanes) is 1. The van der Waals surface area contributed by atoms with Crippen LogP contribution < -0.4 is 14.8 Å². The molecular formula is C21H27N3O4S. The number of methoxy groups -OCH3 is 1. The lowest BCUT2D eigenvalue weighted by Crippen LogP contribution is -2.43. The minimum atomic E-state index is -0.825. The molecule has 1 aliphatic heterocycles. The van der Waals surface area contributed by atoms with E-state index in [1.807, 2.05) is 30.5 Å². The monoisotopic (exact) mass is 417 g/mol. The predicted molar refractivity (Wildman–Crippen MR) is 112 cm³/mol. The molecule has 1 fully saturated rings. The fraction of sp³-hybridized carbons (Fsp3) is 0.476. The molecule has 1 N–H and O–H groups in total. The van der Waals surface area contributed by atoms with Crippen LogP contribution in [0.4, 0.5) is 4.79 Å². The van der Waals surface area contributed by atoms with Crippen molar-refractivity contribution in [2.24, 2.45) is 0 Å². The van der Waals surface area contributed by atoms with Crippen molar-refractivity contribution in [2.45, 2.75) is 52.1 Å². The Kier molecular flexibility index (Phi) is 6.42. The smallest absolute Gasteiger partial charge is 0.325 e. The van der Waals surface area contributed by atoms with E-state index < -0.39 is 5.54 Å². The maximum Gasteiger partial charge on any atom is 0.325 e. The summed E-state index contributed by atoms with van der Waals surface area (Å²) in [6.07, 6.45) is 2.50. The van der Waals surface area contributed by atoms with Crippen LogP contribution in [0.25, 0.3) is 10.6 Å². The number of thiazole rings is 1. The van der Waals surface area contributed by atoms with Gasteiger partial charge in [-0.15, -0.1) is 11.3 Å². The Morgan fingerprint density at radius 2 is 2.03 bits per heavy atom. The third kappa shape index (κ3) is 4.37. The van der Waals surface area contributed by atoms with E-state index in [1.54, 1.807) is 14.0 Å². The molecule has 0 bridgehead atoms. The number of amides is 3. The minimum Gasteiger partial charge on any atom is -0.493 e. The van der Waals surface area contributed by atoms with Gasteiger partial charge < -0.3 is 14.8 Å². The summed E-state index contributed by atoms with van der Waals surface area (Å²) in [7, 11) is 1.60. The highest BCUT2D eigenvalue weighted by molar-refractivity contribution is 7.13. The van der Waals surface area contributed by atoms with Crippen LogP contribution >= 0.6 is 11.3 Å². The molecule has 0 radical (unpaired) electrons. The summed E-state index contributed by atoms with van der Waals surface area (Å²) >= 11 is 1.46. The summed E-state index contributed by atoms with van der Waals surface area (Å²) in [6.45, 7) is 6.50. The van der Waals surface area contributed by atoms with E-state index in [0.717, 1.165) is 23.4 Å². The molecule has 1 saturated heterocycles. The number of ether oxygens (including phenoxy) is 2. The Morgan fingerprint density at radius 1 is 1.24 bits per heavy atom. The maximum absolute atomic E-state index is 12.8. The molecule has 7 nitrogen and oxygen atoms in total. The van der Waals surface area contributed by atoms with Crippen LogP contribution in [0.2, 0.25) is 0 Å². The number of rotatable bonds is 9. The number of carbonyl (C=O) groups is 2. The van der Waals surface area contributed by atoms with Gasteiger partial charge >= 0.3 is 6.03 Å². The van der Waals surface area contributed by atoms with Gasteiger partial charge in [0.2, 0.25) is 0 Å². The molecule has 1 aromatic heterocycles. The molecule has 1 aliphatic rings. The van der Waals surface area contributed by atoms with Crippen LogP contribution in [0.15, 0.2) is 23.6 Å².